The number of halogens is 2. The van der Waals surface area contributed by atoms with Gasteiger partial charge in [0.1, 0.15) is 11.4 Å². The van der Waals surface area contributed by atoms with E-state index in [-0.39, 0.29) is 23.4 Å². The molecule has 1 fully saturated rings. The lowest BCUT2D eigenvalue weighted by Crippen LogP contribution is -2.48. The second-order valence-electron chi connectivity index (χ2n) is 9.70. The smallest absolute Gasteiger partial charge is 0.410 e. The Labute approximate surface area is 249 Å². The Morgan fingerprint density at radius 3 is 2.33 bits per heavy atom. The first-order chi connectivity index (χ1) is 19.0. The molecule has 8 nitrogen and oxygen atoms in total. The zero-order valence-corrected chi connectivity index (χ0v) is 25.2. The van der Waals surface area contributed by atoms with Crippen LogP contribution in [-0.4, -0.2) is 80.7 Å². The van der Waals surface area contributed by atoms with E-state index < -0.39 is 12.1 Å². The Bertz CT molecular complexity index is 1280. The largest absolute Gasteiger partial charge is 0.414 e. The molecular formula is C28H32BCl2N3O5S. The molecule has 0 radical (unpaired) electrons. The van der Waals surface area contributed by atoms with Gasteiger partial charge in [-0.05, 0) is 60.9 Å². The highest BCUT2D eigenvalue weighted by Gasteiger charge is 2.29. The highest BCUT2D eigenvalue weighted by Crippen LogP contribution is 2.35. The fraction of sp³-hybridized carbons (Fsp3) is 0.357. The molecule has 0 saturated carbocycles. The van der Waals surface area contributed by atoms with Crippen molar-refractivity contribution in [1.82, 2.24) is 15.1 Å². The molecule has 1 atom stereocenters. The summed E-state index contributed by atoms with van der Waals surface area (Å²) < 4.78 is 5.21. The molecule has 1 aliphatic rings. The summed E-state index contributed by atoms with van der Waals surface area (Å²) in [5.74, 6) is -0.270. The van der Waals surface area contributed by atoms with E-state index in [1.165, 1.54) is 30.6 Å². The van der Waals surface area contributed by atoms with Crippen molar-refractivity contribution < 1.29 is 23.9 Å². The normalized spacial score (nSPS) is 14.6. The van der Waals surface area contributed by atoms with Gasteiger partial charge in [-0.1, -0.05) is 41.4 Å². The molecule has 1 aliphatic heterocycles. The van der Waals surface area contributed by atoms with Crippen molar-refractivity contribution in [3.8, 4) is 5.75 Å². The van der Waals surface area contributed by atoms with Crippen LogP contribution in [0.1, 0.15) is 24.0 Å². The molecule has 0 aliphatic carbocycles. The van der Waals surface area contributed by atoms with E-state index in [2.05, 4.69) is 5.32 Å². The molecule has 1 saturated heterocycles. The fourth-order valence-corrected chi connectivity index (χ4v) is 5.34. The molecule has 1 heterocycles. The van der Waals surface area contributed by atoms with Crippen molar-refractivity contribution >= 4 is 72.5 Å². The summed E-state index contributed by atoms with van der Waals surface area (Å²) in [7, 11) is 4.63. The van der Waals surface area contributed by atoms with Crippen LogP contribution in [0.3, 0.4) is 0 Å². The number of benzene rings is 2. The molecule has 3 amide bonds. The topological polar surface area (TPSA) is 96.0 Å². The summed E-state index contributed by atoms with van der Waals surface area (Å²) in [4.78, 5) is 53.6. The van der Waals surface area contributed by atoms with Crippen molar-refractivity contribution in [1.29, 1.82) is 0 Å². The van der Waals surface area contributed by atoms with Crippen molar-refractivity contribution in [2.45, 2.75) is 30.2 Å². The predicted molar refractivity (Wildman–Crippen MR) is 162 cm³/mol. The highest BCUT2D eigenvalue weighted by molar-refractivity contribution is 7.98. The number of piperidine rings is 1. The number of carbonyl (C=O) groups excluding carboxylic acids is 4. The van der Waals surface area contributed by atoms with Gasteiger partial charge in [0.05, 0.1) is 16.1 Å². The number of carbonyl (C=O) groups is 4. The quantitative estimate of drug-likeness (QED) is 0.265. The van der Waals surface area contributed by atoms with Crippen LogP contribution in [0.15, 0.2) is 47.4 Å². The zero-order chi connectivity index (χ0) is 29.4. The van der Waals surface area contributed by atoms with Gasteiger partial charge in [0.15, 0.2) is 7.85 Å². The number of likely N-dealkylation sites (tertiary alicyclic amines) is 1. The molecule has 40 heavy (non-hydrogen) atoms. The minimum atomic E-state index is -0.681. The maximum absolute atomic E-state index is 13.0. The lowest BCUT2D eigenvalue weighted by atomic mass is 9.89. The Morgan fingerprint density at radius 2 is 1.75 bits per heavy atom. The standard InChI is InChI=1S/C28H32BCl2N3O5S/c1-33(2)28(38)39-20-8-4-17(5-9-20)16-21(26(29)36)32-27(37)19-12-14-34(15-13-19)23(35)11-7-18-6-10-22(40-3)25(31)24(18)30/h4-11,19,21H,12-16,29H2,1-3H3,(H,32,37)/b11-7+/t21-/m0/s1. The summed E-state index contributed by atoms with van der Waals surface area (Å²) >= 11 is 14.1. The maximum atomic E-state index is 13.0. The third-order valence-corrected chi connectivity index (χ3v) is 8.41. The molecule has 1 N–H and O–H groups in total. The monoisotopic (exact) mass is 603 g/mol. The van der Waals surface area contributed by atoms with Crippen molar-refractivity contribution in [3.63, 3.8) is 0 Å². The number of thioether (sulfide) groups is 1. The molecule has 0 unspecified atom stereocenters. The van der Waals surface area contributed by atoms with E-state index in [0.717, 1.165) is 10.5 Å². The predicted octanol–water partition coefficient (Wildman–Crippen LogP) is 3.91. The van der Waals surface area contributed by atoms with Gasteiger partial charge in [-0.15, -0.1) is 11.8 Å². The van der Waals surface area contributed by atoms with E-state index in [1.807, 2.05) is 18.4 Å². The van der Waals surface area contributed by atoms with Gasteiger partial charge in [-0.2, -0.15) is 0 Å². The van der Waals surface area contributed by atoms with E-state index in [0.29, 0.717) is 53.7 Å². The van der Waals surface area contributed by atoms with Crippen LogP contribution in [0.2, 0.25) is 10.0 Å². The molecule has 0 spiro atoms. The van der Waals surface area contributed by atoms with Crippen molar-refractivity contribution in [2.75, 3.05) is 33.4 Å². The van der Waals surface area contributed by atoms with Crippen LogP contribution in [-0.2, 0) is 20.8 Å². The van der Waals surface area contributed by atoms with Gasteiger partial charge in [-0.3, -0.25) is 9.59 Å². The number of rotatable bonds is 9. The van der Waals surface area contributed by atoms with E-state index >= 15 is 0 Å². The summed E-state index contributed by atoms with van der Waals surface area (Å²) in [5, 5.41) is 3.74. The van der Waals surface area contributed by atoms with Crippen LogP contribution in [0.25, 0.3) is 6.08 Å². The molecule has 12 heteroatoms. The summed E-state index contributed by atoms with van der Waals surface area (Å²) in [6.45, 7) is 0.859. The third-order valence-electron chi connectivity index (χ3n) is 6.62. The number of amides is 3. The number of nitrogens with one attached hydrogen (secondary N) is 1. The molecule has 2 aromatic carbocycles. The molecule has 2 aromatic rings. The van der Waals surface area contributed by atoms with Crippen LogP contribution < -0.4 is 10.1 Å². The maximum Gasteiger partial charge on any atom is 0.414 e. The minimum absolute atomic E-state index is 0.154. The average Bonchev–Trinajstić information content (AvgIpc) is 2.94. The average molecular weight is 604 g/mol. The summed E-state index contributed by atoms with van der Waals surface area (Å²) in [5.41, 5.74) is 1.33. The third kappa shape index (κ3) is 8.53. The molecule has 212 valence electrons. The molecule has 3 rings (SSSR count). The zero-order valence-electron chi connectivity index (χ0n) is 22.9. The Morgan fingerprint density at radius 1 is 1.10 bits per heavy atom. The first-order valence-electron chi connectivity index (χ1n) is 12.8. The van der Waals surface area contributed by atoms with E-state index in [9.17, 15) is 19.2 Å². The molecule has 0 bridgehead atoms. The molecular weight excluding hydrogens is 572 g/mol. The van der Waals surface area contributed by atoms with Gasteiger partial charge in [0, 0.05) is 44.1 Å². The summed E-state index contributed by atoms with van der Waals surface area (Å²) in [6, 6.07) is 9.82. The van der Waals surface area contributed by atoms with E-state index in [4.69, 9.17) is 27.9 Å². The van der Waals surface area contributed by atoms with Crippen LogP contribution >= 0.6 is 35.0 Å². The lowest BCUT2D eigenvalue weighted by Gasteiger charge is -2.31. The number of ether oxygens (including phenoxy) is 1. The first-order valence-corrected chi connectivity index (χ1v) is 14.8. The van der Waals surface area contributed by atoms with Crippen LogP contribution in [0.4, 0.5) is 4.79 Å². The van der Waals surface area contributed by atoms with E-state index in [1.54, 1.807) is 49.3 Å². The van der Waals surface area contributed by atoms with Crippen LogP contribution in [0.5, 0.6) is 5.75 Å². The van der Waals surface area contributed by atoms with Gasteiger partial charge in [-0.25, -0.2) is 4.79 Å². The van der Waals surface area contributed by atoms with Crippen molar-refractivity contribution in [3.05, 3.63) is 63.6 Å². The summed E-state index contributed by atoms with van der Waals surface area (Å²) in [6.07, 6.45) is 5.85. The lowest BCUT2D eigenvalue weighted by molar-refractivity contribution is -0.133. The SMILES string of the molecule is BC(=O)[C@H](Cc1ccc(OC(=O)N(C)C)cc1)NC(=O)C1CCN(C(=O)/C=C/c2ccc(SC)c(Cl)c2Cl)CC1. The fourth-order valence-electron chi connectivity index (χ4n) is 4.17. The number of hydrogen-bond acceptors (Lipinski definition) is 6. The van der Waals surface area contributed by atoms with Gasteiger partial charge >= 0.3 is 6.09 Å². The van der Waals surface area contributed by atoms with Gasteiger partial charge in [0.25, 0.3) is 0 Å². The first kappa shape index (κ1) is 31.6. The second kappa shape index (κ2) is 14.6. The highest BCUT2D eigenvalue weighted by atomic mass is 35.5. The minimum Gasteiger partial charge on any atom is -0.410 e. The molecule has 0 aromatic heterocycles. The van der Waals surface area contributed by atoms with Gasteiger partial charge < -0.3 is 24.6 Å². The Kier molecular flexibility index (Phi) is 11.5. The second-order valence-corrected chi connectivity index (χ2v) is 11.3. The number of nitrogens with zero attached hydrogens (tertiary/aromatic N) is 2. The van der Waals surface area contributed by atoms with Crippen LogP contribution in [0, 0.1) is 5.92 Å². The Balaban J connectivity index is 1.52. The van der Waals surface area contributed by atoms with Crippen molar-refractivity contribution in [2.24, 2.45) is 5.92 Å². The Hall–Kier alpha value is -2.95. The van der Waals surface area contributed by atoms with Gasteiger partial charge in [0.2, 0.25) is 11.8 Å². The number of hydrogen-bond donors (Lipinski definition) is 1.